The zero-order valence-corrected chi connectivity index (χ0v) is 13.7. The summed E-state index contributed by atoms with van der Waals surface area (Å²) in [4.78, 5) is 16.0. The van der Waals surface area contributed by atoms with E-state index in [2.05, 4.69) is 4.99 Å². The Morgan fingerprint density at radius 3 is 2.87 bits per heavy atom. The maximum atomic E-state index is 11.7. The molecule has 0 heterocycles. The molecule has 5 heteroatoms. The van der Waals surface area contributed by atoms with E-state index < -0.39 is 0 Å². The molecule has 0 bridgehead atoms. The largest absolute Gasteiger partial charge is 0.504 e. The Kier molecular flexibility index (Phi) is 6.91. The summed E-state index contributed by atoms with van der Waals surface area (Å²) in [7, 11) is 1.51. The van der Waals surface area contributed by atoms with Crippen LogP contribution in [0.3, 0.4) is 0 Å². The normalized spacial score (nSPS) is 15.7. The summed E-state index contributed by atoms with van der Waals surface area (Å²) in [5, 5.41) is 9.52. The first-order valence-electron chi connectivity index (χ1n) is 8.25. The summed E-state index contributed by atoms with van der Waals surface area (Å²) >= 11 is 0. The maximum absolute atomic E-state index is 11.7. The van der Waals surface area contributed by atoms with E-state index in [9.17, 15) is 9.90 Å². The molecule has 23 heavy (non-hydrogen) atoms. The van der Waals surface area contributed by atoms with Crippen LogP contribution >= 0.6 is 0 Å². The number of rotatable bonds is 7. The number of hydrogen-bond acceptors (Lipinski definition) is 5. The minimum atomic E-state index is -0.113. The van der Waals surface area contributed by atoms with Gasteiger partial charge in [0, 0.05) is 19.2 Å². The van der Waals surface area contributed by atoms with Crippen molar-refractivity contribution in [2.45, 2.75) is 51.0 Å². The molecule has 1 N–H and O–H groups in total. The van der Waals surface area contributed by atoms with Crippen LogP contribution in [-0.4, -0.2) is 37.0 Å². The molecule has 0 amide bonds. The summed E-state index contributed by atoms with van der Waals surface area (Å²) in [6.45, 7) is 0.572. The number of aromatic hydroxyl groups is 1. The predicted octanol–water partition coefficient (Wildman–Crippen LogP) is 3.48. The van der Waals surface area contributed by atoms with Gasteiger partial charge in [0.05, 0.1) is 7.11 Å². The number of hydrogen-bond donors (Lipinski definition) is 1. The van der Waals surface area contributed by atoms with Crippen LogP contribution in [0.1, 0.15) is 50.5 Å². The fourth-order valence-electron chi connectivity index (χ4n) is 2.69. The van der Waals surface area contributed by atoms with E-state index in [1.165, 1.54) is 26.4 Å². The van der Waals surface area contributed by atoms with Crippen molar-refractivity contribution in [2.75, 3.05) is 13.7 Å². The third kappa shape index (κ3) is 5.93. The van der Waals surface area contributed by atoms with Gasteiger partial charge in [-0.3, -0.25) is 9.79 Å². The van der Waals surface area contributed by atoms with E-state index in [0.29, 0.717) is 25.1 Å². The van der Waals surface area contributed by atoms with E-state index in [-0.39, 0.29) is 17.8 Å². The summed E-state index contributed by atoms with van der Waals surface area (Å²) in [5.74, 6) is 0.415. The van der Waals surface area contributed by atoms with Gasteiger partial charge in [-0.05, 0) is 55.9 Å². The van der Waals surface area contributed by atoms with Crippen molar-refractivity contribution in [3.63, 3.8) is 0 Å². The van der Waals surface area contributed by atoms with Crippen molar-refractivity contribution in [1.82, 2.24) is 0 Å². The first kappa shape index (κ1) is 17.3. The zero-order valence-electron chi connectivity index (χ0n) is 13.7. The molecule has 0 saturated heterocycles. The Balaban J connectivity index is 1.67. The second kappa shape index (κ2) is 9.18. The smallest absolute Gasteiger partial charge is 0.306 e. The van der Waals surface area contributed by atoms with Crippen LogP contribution < -0.4 is 4.74 Å². The number of esters is 1. The lowest BCUT2D eigenvalue weighted by molar-refractivity contribution is -0.150. The van der Waals surface area contributed by atoms with E-state index in [0.717, 1.165) is 18.4 Å². The fourth-order valence-corrected chi connectivity index (χ4v) is 2.69. The average molecular weight is 319 g/mol. The Labute approximate surface area is 137 Å². The van der Waals surface area contributed by atoms with Crippen LogP contribution in [0, 0.1) is 0 Å². The van der Waals surface area contributed by atoms with Gasteiger partial charge in [-0.15, -0.1) is 0 Å². The molecule has 1 aliphatic carbocycles. The molecule has 0 spiro atoms. The molecule has 1 saturated carbocycles. The number of carbonyl (C=O) groups excluding carboxylic acids is 1. The molecule has 0 unspecified atom stereocenters. The van der Waals surface area contributed by atoms with Crippen molar-refractivity contribution >= 4 is 12.2 Å². The summed E-state index contributed by atoms with van der Waals surface area (Å²) in [6.07, 6.45) is 8.53. The molecule has 0 aromatic heterocycles. The van der Waals surface area contributed by atoms with Gasteiger partial charge in [0.15, 0.2) is 11.5 Å². The number of carbonyl (C=O) groups is 1. The highest BCUT2D eigenvalue weighted by Gasteiger charge is 2.17. The lowest BCUT2D eigenvalue weighted by atomic mass is 9.98. The first-order valence-corrected chi connectivity index (χ1v) is 8.25. The van der Waals surface area contributed by atoms with E-state index in [4.69, 9.17) is 9.47 Å². The van der Waals surface area contributed by atoms with Gasteiger partial charge >= 0.3 is 5.97 Å². The van der Waals surface area contributed by atoms with Crippen LogP contribution in [0.15, 0.2) is 23.2 Å². The lowest BCUT2D eigenvalue weighted by Gasteiger charge is -2.21. The number of methoxy groups -OCH3 is 1. The minimum Gasteiger partial charge on any atom is -0.504 e. The summed E-state index contributed by atoms with van der Waals surface area (Å²) in [6, 6.07) is 5.05. The monoisotopic (exact) mass is 319 g/mol. The topological polar surface area (TPSA) is 68.1 Å². The van der Waals surface area contributed by atoms with Crippen LogP contribution in [0.2, 0.25) is 0 Å². The summed E-state index contributed by atoms with van der Waals surface area (Å²) in [5.41, 5.74) is 0.851. The quantitative estimate of drug-likeness (QED) is 0.474. The van der Waals surface area contributed by atoms with Crippen molar-refractivity contribution in [1.29, 1.82) is 0 Å². The van der Waals surface area contributed by atoms with Crippen LogP contribution in [0.25, 0.3) is 0 Å². The van der Waals surface area contributed by atoms with Gasteiger partial charge < -0.3 is 14.6 Å². The van der Waals surface area contributed by atoms with Gasteiger partial charge in [0.2, 0.25) is 0 Å². The number of phenolic OH excluding ortho intramolecular Hbond substituents is 1. The molecule has 1 aliphatic rings. The highest BCUT2D eigenvalue weighted by Crippen LogP contribution is 2.25. The lowest BCUT2D eigenvalue weighted by Crippen LogP contribution is -2.20. The molecule has 1 fully saturated rings. The third-order valence-corrected chi connectivity index (χ3v) is 3.96. The van der Waals surface area contributed by atoms with E-state index >= 15 is 0 Å². The molecule has 126 valence electrons. The Morgan fingerprint density at radius 1 is 1.35 bits per heavy atom. The summed E-state index contributed by atoms with van der Waals surface area (Å²) < 4.78 is 10.5. The van der Waals surface area contributed by atoms with Crippen LogP contribution in [0.5, 0.6) is 11.5 Å². The van der Waals surface area contributed by atoms with Gasteiger partial charge in [0.25, 0.3) is 0 Å². The molecular formula is C18H25NO4. The number of benzene rings is 1. The van der Waals surface area contributed by atoms with Gasteiger partial charge in [-0.1, -0.05) is 6.42 Å². The standard InChI is InChI=1S/C18H25NO4/c1-22-17-12-14(9-10-16(17)20)13-19-11-5-8-18(21)23-15-6-3-2-4-7-15/h9-10,12-13,15,20H,2-8,11H2,1H3. The van der Waals surface area contributed by atoms with Crippen molar-refractivity contribution in [3.05, 3.63) is 23.8 Å². The molecular weight excluding hydrogens is 294 g/mol. The van der Waals surface area contributed by atoms with E-state index in [1.54, 1.807) is 24.4 Å². The van der Waals surface area contributed by atoms with Crippen molar-refractivity contribution in [2.24, 2.45) is 4.99 Å². The molecule has 1 aromatic rings. The Hall–Kier alpha value is -2.04. The van der Waals surface area contributed by atoms with E-state index in [1.807, 2.05) is 0 Å². The molecule has 0 radical (unpaired) electrons. The number of phenols is 1. The fraction of sp³-hybridized carbons (Fsp3) is 0.556. The van der Waals surface area contributed by atoms with Gasteiger partial charge in [0.1, 0.15) is 6.10 Å². The highest BCUT2D eigenvalue weighted by atomic mass is 16.5. The SMILES string of the molecule is COc1cc(C=NCCCC(=O)OC2CCCCC2)ccc1O. The third-order valence-electron chi connectivity index (χ3n) is 3.96. The Morgan fingerprint density at radius 2 is 2.13 bits per heavy atom. The van der Waals surface area contributed by atoms with Crippen LogP contribution in [0.4, 0.5) is 0 Å². The molecule has 1 aromatic carbocycles. The Bertz CT molecular complexity index is 536. The average Bonchev–Trinajstić information content (AvgIpc) is 2.57. The number of aliphatic imine (C=N–C) groups is 1. The van der Waals surface area contributed by atoms with Crippen molar-refractivity contribution in [3.8, 4) is 11.5 Å². The molecule has 5 nitrogen and oxygen atoms in total. The highest BCUT2D eigenvalue weighted by molar-refractivity contribution is 5.80. The zero-order chi connectivity index (χ0) is 16.5. The second-order valence-electron chi connectivity index (χ2n) is 5.82. The van der Waals surface area contributed by atoms with Crippen LogP contribution in [-0.2, 0) is 9.53 Å². The molecule has 0 atom stereocenters. The number of ether oxygens (including phenoxy) is 2. The molecule has 2 rings (SSSR count). The second-order valence-corrected chi connectivity index (χ2v) is 5.82. The maximum Gasteiger partial charge on any atom is 0.306 e. The minimum absolute atomic E-state index is 0.107. The van der Waals surface area contributed by atoms with Crippen molar-refractivity contribution < 1.29 is 19.4 Å². The molecule has 0 aliphatic heterocycles. The van der Waals surface area contributed by atoms with Gasteiger partial charge in [-0.2, -0.15) is 0 Å². The predicted molar refractivity (Wildman–Crippen MR) is 89.3 cm³/mol. The number of nitrogens with zero attached hydrogens (tertiary/aromatic N) is 1. The van der Waals surface area contributed by atoms with Gasteiger partial charge in [-0.25, -0.2) is 0 Å². The first-order chi connectivity index (χ1) is 11.2.